The molecule has 0 N–H and O–H groups in total. The highest BCUT2D eigenvalue weighted by atomic mass is 127. The normalized spacial score (nSPS) is 14.7. The first-order valence-electron chi connectivity index (χ1n) is 14.1. The van der Waals surface area contributed by atoms with E-state index in [2.05, 4.69) is 51.8 Å². The van der Waals surface area contributed by atoms with Crippen molar-refractivity contribution in [1.29, 1.82) is 0 Å². The van der Waals surface area contributed by atoms with Crippen LogP contribution in [0.2, 0.25) is 0 Å². The maximum Gasteiger partial charge on any atom is 0.338 e. The van der Waals surface area contributed by atoms with Gasteiger partial charge < -0.3 is 14.2 Å². The van der Waals surface area contributed by atoms with Gasteiger partial charge in [-0.3, -0.25) is 9.36 Å². The number of nitrogens with zero attached hydrogens (tertiary/aromatic N) is 2. The third kappa shape index (κ3) is 5.69. The number of rotatable bonds is 8. The van der Waals surface area contributed by atoms with E-state index in [9.17, 15) is 9.59 Å². The van der Waals surface area contributed by atoms with E-state index in [1.165, 1.54) is 11.3 Å². The van der Waals surface area contributed by atoms with Crippen LogP contribution in [0.5, 0.6) is 11.5 Å². The average molecular weight is 717 g/mol. The highest BCUT2D eigenvalue weighted by molar-refractivity contribution is 14.1. The van der Waals surface area contributed by atoms with E-state index in [0.29, 0.717) is 38.7 Å². The van der Waals surface area contributed by atoms with Crippen molar-refractivity contribution in [3.8, 4) is 11.5 Å². The number of benzene rings is 4. The molecule has 0 aliphatic carbocycles. The standard InChI is InChI=1S/C35H29IN2O5S/c1-4-42-34(40)30-21(2)37-35-38(31(30)24-12-6-5-7-13-24)33(39)29(44-35)19-22-17-27(36)32(28(18-22)41-3)43-20-25-15-10-14-23-11-8-9-16-26(23)25/h5-19,31H,4,20H2,1-3H3/t31-/m0/s1. The van der Waals surface area contributed by atoms with Gasteiger partial charge in [0, 0.05) is 0 Å². The zero-order valence-electron chi connectivity index (χ0n) is 24.4. The molecule has 9 heteroatoms. The lowest BCUT2D eigenvalue weighted by Crippen LogP contribution is -2.39. The molecule has 6 rings (SSSR count). The summed E-state index contributed by atoms with van der Waals surface area (Å²) < 4.78 is 20.4. The van der Waals surface area contributed by atoms with Gasteiger partial charge in [0.1, 0.15) is 6.61 Å². The Morgan fingerprint density at radius 1 is 1.05 bits per heavy atom. The van der Waals surface area contributed by atoms with Gasteiger partial charge in [-0.25, -0.2) is 9.79 Å². The monoisotopic (exact) mass is 716 g/mol. The van der Waals surface area contributed by atoms with Crippen molar-refractivity contribution in [1.82, 2.24) is 4.57 Å². The summed E-state index contributed by atoms with van der Waals surface area (Å²) in [7, 11) is 1.60. The number of carbonyl (C=O) groups is 1. The molecule has 0 fully saturated rings. The Bertz CT molecular complexity index is 2090. The largest absolute Gasteiger partial charge is 0.493 e. The summed E-state index contributed by atoms with van der Waals surface area (Å²) in [6, 6.07) is 27.1. The van der Waals surface area contributed by atoms with Crippen molar-refractivity contribution >= 4 is 56.7 Å². The van der Waals surface area contributed by atoms with Crippen LogP contribution in [-0.2, 0) is 16.1 Å². The molecule has 0 saturated heterocycles. The molecule has 0 amide bonds. The predicted molar refractivity (Wildman–Crippen MR) is 181 cm³/mol. The molecule has 0 bridgehead atoms. The second kappa shape index (κ2) is 12.8. The summed E-state index contributed by atoms with van der Waals surface area (Å²) in [4.78, 5) is 32.2. The van der Waals surface area contributed by atoms with Gasteiger partial charge in [-0.05, 0) is 82.1 Å². The molecule has 7 nitrogen and oxygen atoms in total. The maximum absolute atomic E-state index is 14.0. The first-order valence-corrected chi connectivity index (χ1v) is 16.0. The van der Waals surface area contributed by atoms with Gasteiger partial charge in [0.2, 0.25) is 0 Å². The number of hydrogen-bond acceptors (Lipinski definition) is 7. The fourth-order valence-electron chi connectivity index (χ4n) is 5.43. The molecule has 0 saturated carbocycles. The van der Waals surface area contributed by atoms with Gasteiger partial charge in [0.25, 0.3) is 5.56 Å². The topological polar surface area (TPSA) is 79.1 Å². The van der Waals surface area contributed by atoms with Crippen molar-refractivity contribution in [3.63, 3.8) is 0 Å². The Labute approximate surface area is 271 Å². The Kier molecular flexibility index (Phi) is 8.67. The fourth-order valence-corrected chi connectivity index (χ4v) is 7.25. The van der Waals surface area contributed by atoms with Crippen molar-refractivity contribution in [3.05, 3.63) is 136 Å². The summed E-state index contributed by atoms with van der Waals surface area (Å²) in [5, 5.41) is 2.30. The maximum atomic E-state index is 14.0. The number of allylic oxidation sites excluding steroid dienone is 1. The van der Waals surface area contributed by atoms with Crippen LogP contribution in [-0.4, -0.2) is 24.3 Å². The minimum Gasteiger partial charge on any atom is -0.493 e. The average Bonchev–Trinajstić information content (AvgIpc) is 3.33. The lowest BCUT2D eigenvalue weighted by molar-refractivity contribution is -0.139. The van der Waals surface area contributed by atoms with Gasteiger partial charge in [0.15, 0.2) is 16.3 Å². The summed E-state index contributed by atoms with van der Waals surface area (Å²) in [6.07, 6.45) is 1.83. The Morgan fingerprint density at radius 3 is 2.57 bits per heavy atom. The third-order valence-corrected chi connectivity index (χ3v) is 9.22. The fraction of sp³-hybridized carbons (Fsp3) is 0.171. The molecule has 1 atom stereocenters. The molecule has 0 unspecified atom stereocenters. The molecule has 1 aliphatic rings. The van der Waals surface area contributed by atoms with E-state index in [1.54, 1.807) is 25.5 Å². The van der Waals surface area contributed by atoms with E-state index >= 15 is 0 Å². The third-order valence-electron chi connectivity index (χ3n) is 7.43. The quantitative estimate of drug-likeness (QED) is 0.143. The van der Waals surface area contributed by atoms with Gasteiger partial charge in [-0.1, -0.05) is 84.1 Å². The molecule has 4 aromatic carbocycles. The molecule has 0 spiro atoms. The number of halogens is 1. The zero-order chi connectivity index (χ0) is 30.8. The molecular formula is C35H29IN2O5S. The minimum absolute atomic E-state index is 0.226. The van der Waals surface area contributed by atoms with Crippen molar-refractivity contribution in [2.75, 3.05) is 13.7 Å². The number of carbonyl (C=O) groups excluding carboxylic acids is 1. The molecular weight excluding hydrogens is 687 g/mol. The van der Waals surface area contributed by atoms with Gasteiger partial charge in [-0.15, -0.1) is 0 Å². The van der Waals surface area contributed by atoms with E-state index < -0.39 is 12.0 Å². The molecule has 1 aliphatic heterocycles. The lowest BCUT2D eigenvalue weighted by atomic mass is 9.96. The Morgan fingerprint density at radius 2 is 1.80 bits per heavy atom. The number of ether oxygens (including phenoxy) is 3. The molecule has 2 heterocycles. The van der Waals surface area contributed by atoms with Crippen LogP contribution in [0.1, 0.15) is 36.6 Å². The number of methoxy groups -OCH3 is 1. The first-order chi connectivity index (χ1) is 21.4. The molecule has 0 radical (unpaired) electrons. The molecule has 5 aromatic rings. The second-order valence-electron chi connectivity index (χ2n) is 10.2. The van der Waals surface area contributed by atoms with E-state index in [-0.39, 0.29) is 12.2 Å². The highest BCUT2D eigenvalue weighted by Crippen LogP contribution is 2.35. The van der Waals surface area contributed by atoms with Crippen LogP contribution in [0.3, 0.4) is 0 Å². The minimum atomic E-state index is -0.645. The van der Waals surface area contributed by atoms with Crippen LogP contribution in [0, 0.1) is 3.57 Å². The number of aromatic nitrogens is 1. The van der Waals surface area contributed by atoms with Crippen LogP contribution >= 0.6 is 33.9 Å². The Balaban J connectivity index is 1.39. The number of hydrogen-bond donors (Lipinski definition) is 0. The van der Waals surface area contributed by atoms with Crippen LogP contribution in [0.15, 0.2) is 106 Å². The smallest absolute Gasteiger partial charge is 0.338 e. The van der Waals surface area contributed by atoms with E-state index in [0.717, 1.165) is 31.0 Å². The molecule has 222 valence electrons. The van der Waals surface area contributed by atoms with Crippen molar-refractivity contribution < 1.29 is 19.0 Å². The lowest BCUT2D eigenvalue weighted by Gasteiger charge is -2.24. The number of fused-ring (bicyclic) bond motifs is 2. The summed E-state index contributed by atoms with van der Waals surface area (Å²) in [6.45, 7) is 4.15. The predicted octanol–water partition coefficient (Wildman–Crippen LogP) is 6.14. The van der Waals surface area contributed by atoms with Gasteiger partial charge in [-0.2, -0.15) is 0 Å². The van der Waals surface area contributed by atoms with Crippen LogP contribution in [0.25, 0.3) is 16.8 Å². The van der Waals surface area contributed by atoms with Crippen LogP contribution < -0.4 is 24.4 Å². The number of esters is 1. The van der Waals surface area contributed by atoms with Gasteiger partial charge in [0.05, 0.1) is 39.1 Å². The second-order valence-corrected chi connectivity index (χ2v) is 12.3. The number of thiazole rings is 1. The molecule has 1 aromatic heterocycles. The van der Waals surface area contributed by atoms with E-state index in [1.807, 2.05) is 66.7 Å². The summed E-state index contributed by atoms with van der Waals surface area (Å²) in [5.41, 5.74) is 3.33. The van der Waals surface area contributed by atoms with Crippen LogP contribution in [0.4, 0.5) is 0 Å². The van der Waals surface area contributed by atoms with Crippen molar-refractivity contribution in [2.45, 2.75) is 26.5 Å². The van der Waals surface area contributed by atoms with Gasteiger partial charge >= 0.3 is 5.97 Å². The zero-order valence-corrected chi connectivity index (χ0v) is 27.3. The van der Waals surface area contributed by atoms with E-state index in [4.69, 9.17) is 14.2 Å². The summed E-state index contributed by atoms with van der Waals surface area (Å²) >= 11 is 3.52. The highest BCUT2D eigenvalue weighted by Gasteiger charge is 2.33. The SMILES string of the molecule is CCOC(=O)C1=C(C)N=c2sc(=Cc3cc(I)c(OCc4cccc5ccccc45)c(OC)c3)c(=O)n2[C@H]1c1ccccc1. The Hall–Kier alpha value is -4.22. The summed E-state index contributed by atoms with van der Waals surface area (Å²) in [5.74, 6) is 0.729. The van der Waals surface area contributed by atoms with Crippen molar-refractivity contribution in [2.24, 2.45) is 4.99 Å². The first kappa shape index (κ1) is 29.8. The molecule has 44 heavy (non-hydrogen) atoms.